The van der Waals surface area contributed by atoms with E-state index in [0.717, 1.165) is 23.4 Å². The fourth-order valence-electron chi connectivity index (χ4n) is 2.00. The highest BCUT2D eigenvalue weighted by Gasteiger charge is 2.07. The second-order valence-corrected chi connectivity index (χ2v) is 4.33. The standard InChI is InChI=1S/C14H18FN3O/c1-4-13-10(9-18(2)17-13)8-16-11-5-6-12(15)14(7-11)19-3/h5-7,9,16H,4,8H2,1-3H3. The number of ether oxygens (including phenoxy) is 1. The topological polar surface area (TPSA) is 39.1 Å². The minimum Gasteiger partial charge on any atom is -0.494 e. The van der Waals surface area contributed by atoms with E-state index in [0.29, 0.717) is 6.54 Å². The monoisotopic (exact) mass is 263 g/mol. The van der Waals surface area contributed by atoms with Crippen molar-refractivity contribution >= 4 is 5.69 Å². The first-order valence-electron chi connectivity index (χ1n) is 6.22. The number of nitrogens with one attached hydrogen (secondary N) is 1. The SMILES string of the molecule is CCc1nn(C)cc1CNc1ccc(F)c(OC)c1. The molecule has 1 aromatic carbocycles. The molecular formula is C14H18FN3O. The van der Waals surface area contributed by atoms with E-state index in [9.17, 15) is 4.39 Å². The van der Waals surface area contributed by atoms with Gasteiger partial charge < -0.3 is 10.1 Å². The molecule has 0 amide bonds. The van der Waals surface area contributed by atoms with Crippen molar-refractivity contribution in [2.45, 2.75) is 19.9 Å². The number of methoxy groups -OCH3 is 1. The molecule has 0 radical (unpaired) electrons. The molecule has 0 bridgehead atoms. The highest BCUT2D eigenvalue weighted by molar-refractivity contribution is 5.49. The van der Waals surface area contributed by atoms with Gasteiger partial charge in [0.05, 0.1) is 12.8 Å². The Labute approximate surface area is 112 Å². The van der Waals surface area contributed by atoms with E-state index >= 15 is 0 Å². The van der Waals surface area contributed by atoms with E-state index in [1.54, 1.807) is 16.8 Å². The van der Waals surface area contributed by atoms with Gasteiger partial charge in [-0.2, -0.15) is 5.10 Å². The van der Waals surface area contributed by atoms with E-state index in [1.165, 1.54) is 13.2 Å². The fraction of sp³-hybridized carbons (Fsp3) is 0.357. The number of halogens is 1. The summed E-state index contributed by atoms with van der Waals surface area (Å²) in [6, 6.07) is 4.74. The third-order valence-corrected chi connectivity index (χ3v) is 2.96. The Morgan fingerprint density at radius 2 is 2.21 bits per heavy atom. The van der Waals surface area contributed by atoms with Crippen LogP contribution in [0.15, 0.2) is 24.4 Å². The lowest BCUT2D eigenvalue weighted by atomic mass is 10.2. The third kappa shape index (κ3) is 3.05. The van der Waals surface area contributed by atoms with Gasteiger partial charge in [0.15, 0.2) is 11.6 Å². The number of nitrogens with zero attached hydrogens (tertiary/aromatic N) is 2. The lowest BCUT2D eigenvalue weighted by molar-refractivity contribution is 0.387. The van der Waals surface area contributed by atoms with Crippen LogP contribution in [0, 0.1) is 5.82 Å². The molecular weight excluding hydrogens is 245 g/mol. The molecule has 0 aliphatic carbocycles. The summed E-state index contributed by atoms with van der Waals surface area (Å²) in [7, 11) is 3.36. The van der Waals surface area contributed by atoms with Gasteiger partial charge in [-0.3, -0.25) is 4.68 Å². The number of aromatic nitrogens is 2. The molecule has 1 N–H and O–H groups in total. The van der Waals surface area contributed by atoms with Gasteiger partial charge in [0.2, 0.25) is 0 Å². The van der Waals surface area contributed by atoms with Crippen molar-refractivity contribution in [2.24, 2.45) is 7.05 Å². The molecule has 0 saturated carbocycles. The number of aryl methyl sites for hydroxylation is 2. The van der Waals surface area contributed by atoms with Crippen LogP contribution in [0.5, 0.6) is 5.75 Å². The minimum absolute atomic E-state index is 0.243. The van der Waals surface area contributed by atoms with Gasteiger partial charge in [-0.05, 0) is 18.6 Å². The van der Waals surface area contributed by atoms with Crippen molar-refractivity contribution in [3.05, 3.63) is 41.5 Å². The zero-order valence-electron chi connectivity index (χ0n) is 11.4. The predicted octanol–water partition coefficient (Wildman–Crippen LogP) is 2.74. The molecule has 0 aliphatic rings. The Morgan fingerprint density at radius 1 is 1.42 bits per heavy atom. The van der Waals surface area contributed by atoms with Crippen LogP contribution in [-0.2, 0) is 20.0 Å². The first-order chi connectivity index (χ1) is 9.13. The van der Waals surface area contributed by atoms with Gasteiger partial charge >= 0.3 is 0 Å². The third-order valence-electron chi connectivity index (χ3n) is 2.96. The van der Waals surface area contributed by atoms with Gasteiger partial charge in [-0.15, -0.1) is 0 Å². The molecule has 0 fully saturated rings. The smallest absolute Gasteiger partial charge is 0.165 e. The molecule has 2 rings (SSSR count). The maximum absolute atomic E-state index is 13.3. The van der Waals surface area contributed by atoms with Crippen LogP contribution in [0.3, 0.4) is 0 Å². The van der Waals surface area contributed by atoms with Crippen LogP contribution < -0.4 is 10.1 Å². The number of anilines is 1. The quantitative estimate of drug-likeness (QED) is 0.901. The van der Waals surface area contributed by atoms with Crippen LogP contribution in [0.25, 0.3) is 0 Å². The molecule has 0 aliphatic heterocycles. The summed E-state index contributed by atoms with van der Waals surface area (Å²) in [5.74, 6) is -0.115. The highest BCUT2D eigenvalue weighted by atomic mass is 19.1. The van der Waals surface area contributed by atoms with Gasteiger partial charge in [-0.1, -0.05) is 6.92 Å². The van der Waals surface area contributed by atoms with Crippen molar-refractivity contribution in [3.8, 4) is 5.75 Å². The normalized spacial score (nSPS) is 10.5. The van der Waals surface area contributed by atoms with Crippen molar-refractivity contribution in [2.75, 3.05) is 12.4 Å². The second-order valence-electron chi connectivity index (χ2n) is 4.33. The number of hydrogen-bond acceptors (Lipinski definition) is 3. The zero-order valence-corrected chi connectivity index (χ0v) is 11.4. The van der Waals surface area contributed by atoms with Crippen molar-refractivity contribution in [1.82, 2.24) is 9.78 Å². The molecule has 2 aromatic rings. The molecule has 0 saturated heterocycles. The van der Waals surface area contributed by atoms with Gasteiger partial charge in [0.25, 0.3) is 0 Å². The lowest BCUT2D eigenvalue weighted by Gasteiger charge is -2.08. The second kappa shape index (κ2) is 5.73. The minimum atomic E-state index is -0.358. The number of hydrogen-bond donors (Lipinski definition) is 1. The number of rotatable bonds is 5. The van der Waals surface area contributed by atoms with E-state index < -0.39 is 0 Å². The molecule has 0 atom stereocenters. The predicted molar refractivity (Wildman–Crippen MR) is 72.9 cm³/mol. The van der Waals surface area contributed by atoms with E-state index in [1.807, 2.05) is 13.2 Å². The molecule has 19 heavy (non-hydrogen) atoms. The van der Waals surface area contributed by atoms with Crippen LogP contribution in [0.2, 0.25) is 0 Å². The molecule has 4 nitrogen and oxygen atoms in total. The molecule has 1 heterocycles. The van der Waals surface area contributed by atoms with E-state index in [-0.39, 0.29) is 11.6 Å². The largest absolute Gasteiger partial charge is 0.494 e. The van der Waals surface area contributed by atoms with Crippen LogP contribution in [0.1, 0.15) is 18.2 Å². The summed E-state index contributed by atoms with van der Waals surface area (Å²) in [5, 5.41) is 7.63. The molecule has 0 unspecified atom stereocenters. The van der Waals surface area contributed by atoms with Crippen LogP contribution in [0.4, 0.5) is 10.1 Å². The summed E-state index contributed by atoms with van der Waals surface area (Å²) in [5.41, 5.74) is 3.04. The van der Waals surface area contributed by atoms with Crippen LogP contribution >= 0.6 is 0 Å². The van der Waals surface area contributed by atoms with Crippen LogP contribution in [-0.4, -0.2) is 16.9 Å². The Kier molecular flexibility index (Phi) is 4.04. The average molecular weight is 263 g/mol. The lowest BCUT2D eigenvalue weighted by Crippen LogP contribution is -2.01. The summed E-state index contributed by atoms with van der Waals surface area (Å²) < 4.78 is 20.1. The molecule has 1 aromatic heterocycles. The Bertz CT molecular complexity index is 566. The van der Waals surface area contributed by atoms with E-state index in [2.05, 4.69) is 17.3 Å². The van der Waals surface area contributed by atoms with Gasteiger partial charge in [0, 0.05) is 37.1 Å². The van der Waals surface area contributed by atoms with Crippen molar-refractivity contribution in [3.63, 3.8) is 0 Å². The number of benzene rings is 1. The molecule has 0 spiro atoms. The highest BCUT2D eigenvalue weighted by Crippen LogP contribution is 2.22. The summed E-state index contributed by atoms with van der Waals surface area (Å²) in [6.07, 6.45) is 2.89. The zero-order chi connectivity index (χ0) is 13.8. The van der Waals surface area contributed by atoms with Crippen molar-refractivity contribution in [1.29, 1.82) is 0 Å². The molecule has 102 valence electrons. The summed E-state index contributed by atoms with van der Waals surface area (Å²) in [4.78, 5) is 0. The van der Waals surface area contributed by atoms with Gasteiger partial charge in [-0.25, -0.2) is 4.39 Å². The van der Waals surface area contributed by atoms with Gasteiger partial charge in [0.1, 0.15) is 0 Å². The fourth-order valence-corrected chi connectivity index (χ4v) is 2.00. The maximum Gasteiger partial charge on any atom is 0.165 e. The van der Waals surface area contributed by atoms with Crippen molar-refractivity contribution < 1.29 is 9.13 Å². The maximum atomic E-state index is 13.3. The Morgan fingerprint density at radius 3 is 2.89 bits per heavy atom. The average Bonchev–Trinajstić information content (AvgIpc) is 2.78. The van der Waals surface area contributed by atoms with E-state index in [4.69, 9.17) is 4.74 Å². The molecule has 5 heteroatoms. The Balaban J connectivity index is 2.09. The summed E-state index contributed by atoms with van der Waals surface area (Å²) in [6.45, 7) is 2.73. The first kappa shape index (κ1) is 13.4. The summed E-state index contributed by atoms with van der Waals surface area (Å²) >= 11 is 0. The first-order valence-corrected chi connectivity index (χ1v) is 6.22. The Hall–Kier alpha value is -2.04.